The van der Waals surface area contributed by atoms with Crippen LogP contribution >= 0.6 is 27.3 Å². The van der Waals surface area contributed by atoms with Gasteiger partial charge in [-0.1, -0.05) is 0 Å². The van der Waals surface area contributed by atoms with Crippen LogP contribution in [-0.2, 0) is 22.4 Å². The lowest BCUT2D eigenvalue weighted by Gasteiger charge is -2.18. The molecular formula is C15H15BrN2O4S. The highest BCUT2D eigenvalue weighted by Gasteiger charge is 2.28. The third-order valence-corrected chi connectivity index (χ3v) is 5.04. The molecule has 1 aliphatic carbocycles. The highest BCUT2D eigenvalue weighted by Crippen LogP contribution is 2.33. The van der Waals surface area contributed by atoms with E-state index in [0.717, 1.165) is 23.4 Å². The molecule has 0 spiro atoms. The Morgan fingerprint density at radius 3 is 3.04 bits per heavy atom. The molecule has 2 heterocycles. The number of aromatic nitrogens is 1. The zero-order valence-corrected chi connectivity index (χ0v) is 14.8. The number of carbonyl (C=O) groups is 2. The average molecular weight is 399 g/mol. The highest BCUT2D eigenvalue weighted by molar-refractivity contribution is 9.10. The first kappa shape index (κ1) is 16.2. The fraction of sp³-hybridized carbons (Fsp3) is 0.400. The molecule has 6 nitrogen and oxygen atoms in total. The van der Waals surface area contributed by atoms with E-state index >= 15 is 0 Å². The van der Waals surface area contributed by atoms with Gasteiger partial charge in [-0.2, -0.15) is 0 Å². The minimum atomic E-state index is -0.344. The number of amides is 1. The number of esters is 1. The van der Waals surface area contributed by atoms with Crippen molar-refractivity contribution in [3.8, 4) is 0 Å². The van der Waals surface area contributed by atoms with E-state index in [2.05, 4.69) is 26.2 Å². The van der Waals surface area contributed by atoms with E-state index in [-0.39, 0.29) is 23.6 Å². The van der Waals surface area contributed by atoms with Crippen LogP contribution in [0.1, 0.15) is 34.5 Å². The first-order chi connectivity index (χ1) is 11.1. The van der Waals surface area contributed by atoms with Crippen LogP contribution in [0.2, 0.25) is 0 Å². The molecule has 0 aromatic carbocycles. The van der Waals surface area contributed by atoms with E-state index in [9.17, 15) is 9.59 Å². The standard InChI is InChI=1S/C15H15BrN2O4S/c1-2-21-14(20)8-3-4-9-11(7-8)23-15(17-9)18-13(19)10-5-6-12(16)22-10/h5-6,8H,2-4,7H2,1H3,(H,17,18,19). The molecule has 0 radical (unpaired) electrons. The summed E-state index contributed by atoms with van der Waals surface area (Å²) in [5.41, 5.74) is 0.950. The summed E-state index contributed by atoms with van der Waals surface area (Å²) < 4.78 is 10.8. The third kappa shape index (κ3) is 3.64. The molecular weight excluding hydrogens is 384 g/mol. The molecule has 8 heteroatoms. The molecule has 122 valence electrons. The van der Waals surface area contributed by atoms with Crippen LogP contribution in [0.4, 0.5) is 5.13 Å². The number of ether oxygens (including phenoxy) is 1. The lowest BCUT2D eigenvalue weighted by molar-refractivity contribution is -0.148. The number of thiazole rings is 1. The van der Waals surface area contributed by atoms with Crippen LogP contribution in [0, 0.1) is 5.92 Å². The summed E-state index contributed by atoms with van der Waals surface area (Å²) in [6, 6.07) is 3.25. The molecule has 1 unspecified atom stereocenters. The molecule has 2 aromatic rings. The van der Waals surface area contributed by atoms with Gasteiger partial charge in [0.2, 0.25) is 0 Å². The van der Waals surface area contributed by atoms with E-state index in [4.69, 9.17) is 9.15 Å². The fourth-order valence-electron chi connectivity index (χ4n) is 2.48. The van der Waals surface area contributed by atoms with Crippen molar-refractivity contribution in [2.75, 3.05) is 11.9 Å². The zero-order chi connectivity index (χ0) is 16.4. The minimum absolute atomic E-state index is 0.118. The summed E-state index contributed by atoms with van der Waals surface area (Å²) in [7, 11) is 0. The topological polar surface area (TPSA) is 81.4 Å². The van der Waals surface area contributed by atoms with E-state index < -0.39 is 0 Å². The van der Waals surface area contributed by atoms with Crippen molar-refractivity contribution < 1.29 is 18.7 Å². The molecule has 0 saturated carbocycles. The average Bonchev–Trinajstić information content (AvgIpc) is 3.12. The van der Waals surface area contributed by atoms with Crippen molar-refractivity contribution in [3.05, 3.63) is 33.1 Å². The van der Waals surface area contributed by atoms with Crippen LogP contribution in [0.3, 0.4) is 0 Å². The van der Waals surface area contributed by atoms with Crippen LogP contribution in [-0.4, -0.2) is 23.5 Å². The minimum Gasteiger partial charge on any atom is -0.466 e. The molecule has 1 amide bonds. The highest BCUT2D eigenvalue weighted by atomic mass is 79.9. The van der Waals surface area contributed by atoms with Gasteiger partial charge in [-0.3, -0.25) is 14.9 Å². The fourth-order valence-corrected chi connectivity index (χ4v) is 3.87. The Morgan fingerprint density at radius 1 is 1.52 bits per heavy atom. The lowest BCUT2D eigenvalue weighted by Crippen LogP contribution is -2.24. The zero-order valence-electron chi connectivity index (χ0n) is 12.4. The predicted octanol–water partition coefficient (Wildman–Crippen LogP) is 3.42. The molecule has 1 aliphatic rings. The van der Waals surface area contributed by atoms with E-state index in [1.54, 1.807) is 19.1 Å². The van der Waals surface area contributed by atoms with Gasteiger partial charge in [0.25, 0.3) is 5.91 Å². The largest absolute Gasteiger partial charge is 0.466 e. The SMILES string of the molecule is CCOC(=O)C1CCc2nc(NC(=O)c3ccc(Br)o3)sc2C1. The number of nitrogens with one attached hydrogen (secondary N) is 1. The number of fused-ring (bicyclic) bond motifs is 1. The summed E-state index contributed by atoms with van der Waals surface area (Å²) >= 11 is 4.56. The molecule has 1 atom stereocenters. The van der Waals surface area contributed by atoms with Crippen LogP contribution < -0.4 is 5.32 Å². The molecule has 3 rings (SSSR count). The summed E-state index contributed by atoms with van der Waals surface area (Å²) in [6.45, 7) is 2.20. The van der Waals surface area contributed by atoms with Crippen LogP contribution in [0.15, 0.2) is 21.2 Å². The Labute approximate surface area is 145 Å². The van der Waals surface area contributed by atoms with E-state index in [1.807, 2.05) is 0 Å². The number of carbonyl (C=O) groups excluding carboxylic acids is 2. The smallest absolute Gasteiger partial charge is 0.309 e. The quantitative estimate of drug-likeness (QED) is 0.797. The molecule has 0 saturated heterocycles. The second-order valence-electron chi connectivity index (χ2n) is 5.14. The van der Waals surface area contributed by atoms with Gasteiger partial charge < -0.3 is 9.15 Å². The molecule has 0 aliphatic heterocycles. The summed E-state index contributed by atoms with van der Waals surface area (Å²) in [5.74, 6) is -0.400. The Bertz CT molecular complexity index is 740. The van der Waals surface area contributed by atoms with Crippen molar-refractivity contribution in [1.82, 2.24) is 4.98 Å². The molecule has 0 fully saturated rings. The van der Waals surface area contributed by atoms with E-state index in [1.165, 1.54) is 11.3 Å². The molecule has 2 aromatic heterocycles. The number of aryl methyl sites for hydroxylation is 1. The number of halogens is 1. The first-order valence-corrected chi connectivity index (χ1v) is 8.89. The van der Waals surface area contributed by atoms with Crippen molar-refractivity contribution >= 4 is 44.3 Å². The normalized spacial score (nSPS) is 16.7. The number of hydrogen-bond donors (Lipinski definition) is 1. The number of anilines is 1. The van der Waals surface area contributed by atoms with Crippen molar-refractivity contribution in [2.45, 2.75) is 26.2 Å². The lowest BCUT2D eigenvalue weighted by atomic mass is 9.91. The maximum Gasteiger partial charge on any atom is 0.309 e. The van der Waals surface area contributed by atoms with Gasteiger partial charge >= 0.3 is 5.97 Å². The summed E-state index contributed by atoms with van der Waals surface area (Å²) in [6.07, 6.45) is 2.07. The Balaban J connectivity index is 1.68. The maximum atomic E-state index is 12.1. The Kier molecular flexibility index (Phi) is 4.82. The molecule has 23 heavy (non-hydrogen) atoms. The summed E-state index contributed by atoms with van der Waals surface area (Å²) in [4.78, 5) is 29.4. The van der Waals surface area contributed by atoms with Crippen molar-refractivity contribution in [2.24, 2.45) is 5.92 Å². The van der Waals surface area contributed by atoms with Gasteiger partial charge in [0.05, 0.1) is 18.2 Å². The Hall–Kier alpha value is -1.67. The van der Waals surface area contributed by atoms with Gasteiger partial charge in [0.15, 0.2) is 15.6 Å². The van der Waals surface area contributed by atoms with Crippen LogP contribution in [0.25, 0.3) is 0 Å². The van der Waals surface area contributed by atoms with Gasteiger partial charge in [0, 0.05) is 4.88 Å². The maximum absolute atomic E-state index is 12.1. The van der Waals surface area contributed by atoms with Gasteiger partial charge in [-0.25, -0.2) is 4.98 Å². The van der Waals surface area contributed by atoms with Gasteiger partial charge in [0.1, 0.15) is 0 Å². The number of hydrogen-bond acceptors (Lipinski definition) is 6. The van der Waals surface area contributed by atoms with Gasteiger partial charge in [-0.05, 0) is 54.2 Å². The third-order valence-electron chi connectivity index (χ3n) is 3.58. The Morgan fingerprint density at radius 2 is 2.35 bits per heavy atom. The number of rotatable bonds is 4. The van der Waals surface area contributed by atoms with Gasteiger partial charge in [-0.15, -0.1) is 11.3 Å². The molecule has 0 bridgehead atoms. The summed E-state index contributed by atoms with van der Waals surface area (Å²) in [5, 5.41) is 3.26. The predicted molar refractivity (Wildman–Crippen MR) is 88.6 cm³/mol. The second-order valence-corrected chi connectivity index (χ2v) is 7.00. The molecule has 1 N–H and O–H groups in total. The van der Waals surface area contributed by atoms with Crippen molar-refractivity contribution in [1.29, 1.82) is 0 Å². The monoisotopic (exact) mass is 398 g/mol. The first-order valence-electron chi connectivity index (χ1n) is 7.28. The van der Waals surface area contributed by atoms with Crippen molar-refractivity contribution in [3.63, 3.8) is 0 Å². The van der Waals surface area contributed by atoms with Crippen LogP contribution in [0.5, 0.6) is 0 Å². The number of furan rings is 1. The number of nitrogens with zero attached hydrogens (tertiary/aromatic N) is 1. The second kappa shape index (κ2) is 6.84. The van der Waals surface area contributed by atoms with E-state index in [0.29, 0.717) is 22.8 Å².